The standard InChI is InChI=1S/C7H11FO4/c1-7(8,6(10)12-3)4-5(9)11-2/h4H2,1-3H3. The molecule has 1 atom stereocenters. The molecular weight excluding hydrogens is 167 g/mol. The molecule has 0 aliphatic carbocycles. The first-order chi connectivity index (χ1) is 5.44. The number of rotatable bonds is 3. The molecule has 0 aromatic heterocycles. The van der Waals surface area contributed by atoms with Crippen LogP contribution in [0, 0.1) is 0 Å². The Morgan fingerprint density at radius 3 is 2.17 bits per heavy atom. The molecule has 0 saturated heterocycles. The Morgan fingerprint density at radius 2 is 1.83 bits per heavy atom. The van der Waals surface area contributed by atoms with E-state index in [2.05, 4.69) is 9.47 Å². The highest BCUT2D eigenvalue weighted by molar-refractivity contribution is 5.85. The molecule has 5 heteroatoms. The first-order valence-corrected chi connectivity index (χ1v) is 3.28. The quantitative estimate of drug-likeness (QED) is 0.589. The lowest BCUT2D eigenvalue weighted by molar-refractivity contribution is -0.160. The average Bonchev–Trinajstić information content (AvgIpc) is 2.02. The summed E-state index contributed by atoms with van der Waals surface area (Å²) in [4.78, 5) is 21.3. The van der Waals surface area contributed by atoms with E-state index in [1.807, 2.05) is 0 Å². The zero-order valence-corrected chi connectivity index (χ0v) is 7.22. The monoisotopic (exact) mass is 178 g/mol. The summed E-state index contributed by atoms with van der Waals surface area (Å²) >= 11 is 0. The minimum absolute atomic E-state index is 0.629. The Morgan fingerprint density at radius 1 is 1.33 bits per heavy atom. The predicted molar refractivity (Wildman–Crippen MR) is 38.2 cm³/mol. The second-order valence-corrected chi connectivity index (χ2v) is 2.44. The molecule has 0 bridgehead atoms. The molecule has 70 valence electrons. The van der Waals surface area contributed by atoms with E-state index in [1.54, 1.807) is 0 Å². The van der Waals surface area contributed by atoms with Gasteiger partial charge in [0.1, 0.15) is 0 Å². The molecule has 0 radical (unpaired) electrons. The van der Waals surface area contributed by atoms with E-state index in [0.717, 1.165) is 21.1 Å². The number of carbonyl (C=O) groups excluding carboxylic acids is 2. The van der Waals surface area contributed by atoms with Crippen molar-refractivity contribution < 1.29 is 23.5 Å². The Labute approximate surface area is 69.6 Å². The van der Waals surface area contributed by atoms with Crippen LogP contribution in [0.3, 0.4) is 0 Å². The summed E-state index contributed by atoms with van der Waals surface area (Å²) in [6, 6.07) is 0. The topological polar surface area (TPSA) is 52.6 Å². The fourth-order valence-electron chi connectivity index (χ4n) is 0.628. The van der Waals surface area contributed by atoms with Crippen molar-refractivity contribution in [1.82, 2.24) is 0 Å². The van der Waals surface area contributed by atoms with Gasteiger partial charge in [0.25, 0.3) is 0 Å². The van der Waals surface area contributed by atoms with Gasteiger partial charge >= 0.3 is 11.9 Å². The van der Waals surface area contributed by atoms with Gasteiger partial charge in [0.05, 0.1) is 20.6 Å². The fraction of sp³-hybridized carbons (Fsp3) is 0.714. The number of esters is 2. The number of halogens is 1. The first kappa shape index (κ1) is 10.9. The number of alkyl halides is 1. The third kappa shape index (κ3) is 2.86. The molecule has 0 amide bonds. The lowest BCUT2D eigenvalue weighted by atomic mass is 10.1. The Hall–Kier alpha value is -1.13. The van der Waals surface area contributed by atoms with Gasteiger partial charge in [0.2, 0.25) is 5.67 Å². The summed E-state index contributed by atoms with van der Waals surface area (Å²) in [6.07, 6.45) is -0.629. The van der Waals surface area contributed by atoms with E-state index >= 15 is 0 Å². The third-order valence-corrected chi connectivity index (χ3v) is 1.31. The molecule has 0 aromatic carbocycles. The molecular formula is C7H11FO4. The van der Waals surface area contributed by atoms with Gasteiger partial charge in [-0.3, -0.25) is 4.79 Å². The Balaban J connectivity index is 4.21. The molecule has 0 aliphatic rings. The second kappa shape index (κ2) is 4.04. The molecule has 0 saturated carbocycles. The van der Waals surface area contributed by atoms with Crippen molar-refractivity contribution in [2.45, 2.75) is 19.0 Å². The van der Waals surface area contributed by atoms with Crippen LogP contribution in [0.4, 0.5) is 4.39 Å². The largest absolute Gasteiger partial charge is 0.469 e. The maximum atomic E-state index is 13.1. The number of hydrogen-bond donors (Lipinski definition) is 0. The highest BCUT2D eigenvalue weighted by Gasteiger charge is 2.37. The van der Waals surface area contributed by atoms with E-state index in [1.165, 1.54) is 0 Å². The number of methoxy groups -OCH3 is 2. The van der Waals surface area contributed by atoms with E-state index in [0.29, 0.717) is 0 Å². The molecule has 4 nitrogen and oxygen atoms in total. The third-order valence-electron chi connectivity index (χ3n) is 1.31. The highest BCUT2D eigenvalue weighted by Crippen LogP contribution is 2.17. The van der Waals surface area contributed by atoms with Crippen molar-refractivity contribution >= 4 is 11.9 Å². The summed E-state index contributed by atoms with van der Waals surface area (Å²) in [5.41, 5.74) is -2.30. The SMILES string of the molecule is COC(=O)CC(C)(F)C(=O)OC. The van der Waals surface area contributed by atoms with Crippen LogP contribution in [-0.2, 0) is 19.1 Å². The lowest BCUT2D eigenvalue weighted by Crippen LogP contribution is -2.34. The number of carbonyl (C=O) groups is 2. The van der Waals surface area contributed by atoms with Crippen LogP contribution in [0.2, 0.25) is 0 Å². The minimum atomic E-state index is -2.30. The van der Waals surface area contributed by atoms with Crippen LogP contribution >= 0.6 is 0 Å². The van der Waals surface area contributed by atoms with E-state index in [9.17, 15) is 14.0 Å². The molecule has 0 rings (SSSR count). The number of hydrogen-bond acceptors (Lipinski definition) is 4. The summed E-state index contributed by atoms with van der Waals surface area (Å²) in [6.45, 7) is 0.968. The van der Waals surface area contributed by atoms with Gasteiger partial charge in [-0.05, 0) is 6.92 Å². The van der Waals surface area contributed by atoms with Crippen LogP contribution < -0.4 is 0 Å². The van der Waals surface area contributed by atoms with Crippen LogP contribution in [0.1, 0.15) is 13.3 Å². The maximum absolute atomic E-state index is 13.1. The summed E-state index contributed by atoms with van der Waals surface area (Å²) in [5, 5.41) is 0. The van der Waals surface area contributed by atoms with E-state index in [-0.39, 0.29) is 0 Å². The van der Waals surface area contributed by atoms with Gasteiger partial charge in [-0.25, -0.2) is 9.18 Å². The second-order valence-electron chi connectivity index (χ2n) is 2.44. The highest BCUT2D eigenvalue weighted by atomic mass is 19.1. The van der Waals surface area contributed by atoms with Crippen molar-refractivity contribution in [3.63, 3.8) is 0 Å². The van der Waals surface area contributed by atoms with Crippen molar-refractivity contribution in [2.75, 3.05) is 14.2 Å². The van der Waals surface area contributed by atoms with Crippen molar-refractivity contribution in [3.8, 4) is 0 Å². The minimum Gasteiger partial charge on any atom is -0.469 e. The van der Waals surface area contributed by atoms with Crippen molar-refractivity contribution in [1.29, 1.82) is 0 Å². The molecule has 12 heavy (non-hydrogen) atoms. The maximum Gasteiger partial charge on any atom is 0.343 e. The molecule has 1 unspecified atom stereocenters. The van der Waals surface area contributed by atoms with Gasteiger partial charge in [-0.1, -0.05) is 0 Å². The van der Waals surface area contributed by atoms with Crippen molar-refractivity contribution in [3.05, 3.63) is 0 Å². The van der Waals surface area contributed by atoms with Gasteiger partial charge < -0.3 is 9.47 Å². The molecule has 0 N–H and O–H groups in total. The van der Waals surface area contributed by atoms with Crippen LogP contribution in [0.5, 0.6) is 0 Å². The van der Waals surface area contributed by atoms with E-state index in [4.69, 9.17) is 0 Å². The predicted octanol–water partition coefficient (Wildman–Crippen LogP) is 0.451. The molecule has 0 fully saturated rings. The van der Waals surface area contributed by atoms with Crippen LogP contribution in [0.25, 0.3) is 0 Å². The summed E-state index contributed by atoms with van der Waals surface area (Å²) in [7, 11) is 2.17. The Bertz CT molecular complexity index is 188. The summed E-state index contributed by atoms with van der Waals surface area (Å²) in [5.74, 6) is -1.86. The normalized spacial score (nSPS) is 14.7. The Kier molecular flexibility index (Phi) is 3.66. The summed E-state index contributed by atoms with van der Waals surface area (Å²) < 4.78 is 21.5. The van der Waals surface area contributed by atoms with Gasteiger partial charge in [-0.2, -0.15) is 0 Å². The molecule has 0 spiro atoms. The number of ether oxygens (including phenoxy) is 2. The zero-order valence-electron chi connectivity index (χ0n) is 7.22. The van der Waals surface area contributed by atoms with Gasteiger partial charge in [-0.15, -0.1) is 0 Å². The van der Waals surface area contributed by atoms with Crippen molar-refractivity contribution in [2.24, 2.45) is 0 Å². The average molecular weight is 178 g/mol. The van der Waals surface area contributed by atoms with Crippen LogP contribution in [-0.4, -0.2) is 31.8 Å². The molecule has 0 aromatic rings. The molecule has 0 aliphatic heterocycles. The van der Waals surface area contributed by atoms with Gasteiger partial charge in [0.15, 0.2) is 0 Å². The van der Waals surface area contributed by atoms with Gasteiger partial charge in [0, 0.05) is 0 Å². The molecule has 0 heterocycles. The first-order valence-electron chi connectivity index (χ1n) is 3.28. The van der Waals surface area contributed by atoms with E-state index < -0.39 is 24.0 Å². The fourth-order valence-corrected chi connectivity index (χ4v) is 0.628. The lowest BCUT2D eigenvalue weighted by Gasteiger charge is -2.15. The van der Waals surface area contributed by atoms with Crippen LogP contribution in [0.15, 0.2) is 0 Å². The zero-order chi connectivity index (χ0) is 9.78. The smallest absolute Gasteiger partial charge is 0.343 e.